The molecule has 3 amide bonds. The lowest BCUT2D eigenvalue weighted by Crippen LogP contribution is -2.45. The highest BCUT2D eigenvalue weighted by Crippen LogP contribution is 2.11. The van der Waals surface area contributed by atoms with Gasteiger partial charge in [-0.3, -0.25) is 4.79 Å². The number of rotatable bonds is 7. The molecule has 0 spiro atoms. The summed E-state index contributed by atoms with van der Waals surface area (Å²) in [5.74, 6) is -0.989. The van der Waals surface area contributed by atoms with Gasteiger partial charge >= 0.3 is 12.0 Å². The molecule has 0 aliphatic rings. The minimum absolute atomic E-state index is 0.153. The number of ether oxygens (including phenoxy) is 1. The third-order valence-electron chi connectivity index (χ3n) is 2.78. The van der Waals surface area contributed by atoms with E-state index in [0.717, 1.165) is 3.57 Å². The molecule has 0 aliphatic heterocycles. The number of anilines is 1. The lowest BCUT2D eigenvalue weighted by Gasteiger charge is -2.18. The highest BCUT2D eigenvalue weighted by Gasteiger charge is 2.23. The third-order valence-corrected chi connectivity index (χ3v) is 3.50. The molecule has 23 heavy (non-hydrogen) atoms. The van der Waals surface area contributed by atoms with E-state index in [9.17, 15) is 14.4 Å². The first-order valence-corrected chi connectivity index (χ1v) is 8.14. The first kappa shape index (κ1) is 19.2. The maximum Gasteiger partial charge on any atom is 0.329 e. The molecule has 4 N–H and O–H groups in total. The summed E-state index contributed by atoms with van der Waals surface area (Å²) in [6.45, 7) is 3.36. The van der Waals surface area contributed by atoms with Crippen LogP contribution in [0, 0.1) is 9.49 Å². The topological polar surface area (TPSA) is 111 Å². The van der Waals surface area contributed by atoms with Crippen LogP contribution in [0.5, 0.6) is 0 Å². The minimum Gasteiger partial charge on any atom is -0.454 e. The molecule has 1 unspecified atom stereocenters. The average molecular weight is 433 g/mol. The Labute approximate surface area is 148 Å². The summed E-state index contributed by atoms with van der Waals surface area (Å²) in [4.78, 5) is 34.6. The molecule has 0 heterocycles. The number of primary amides is 1. The van der Waals surface area contributed by atoms with Gasteiger partial charge in [-0.1, -0.05) is 13.8 Å². The van der Waals surface area contributed by atoms with E-state index in [2.05, 4.69) is 33.2 Å². The van der Waals surface area contributed by atoms with Gasteiger partial charge in [0.2, 0.25) is 0 Å². The number of hydrogen-bond donors (Lipinski definition) is 3. The summed E-state index contributed by atoms with van der Waals surface area (Å²) in [6.07, 6.45) is 0.376. The van der Waals surface area contributed by atoms with Gasteiger partial charge in [0, 0.05) is 9.26 Å². The van der Waals surface area contributed by atoms with Crippen LogP contribution >= 0.6 is 22.6 Å². The molecule has 0 radical (unpaired) electrons. The normalized spacial score (nSPS) is 11.7. The molecule has 0 fully saturated rings. The number of amides is 3. The molecule has 0 aliphatic carbocycles. The predicted octanol–water partition coefficient (Wildman–Crippen LogP) is 1.86. The average Bonchev–Trinajstić information content (AvgIpc) is 2.45. The van der Waals surface area contributed by atoms with Crippen molar-refractivity contribution in [3.05, 3.63) is 27.8 Å². The number of carbonyl (C=O) groups excluding carboxylic acids is 3. The fraction of sp³-hybridized carbons (Fsp3) is 0.400. The van der Waals surface area contributed by atoms with Crippen molar-refractivity contribution in [2.45, 2.75) is 26.3 Å². The van der Waals surface area contributed by atoms with Crippen LogP contribution in [0.3, 0.4) is 0 Å². The van der Waals surface area contributed by atoms with Gasteiger partial charge in [-0.05, 0) is 59.2 Å². The number of nitrogens with two attached hydrogens (primary N) is 1. The van der Waals surface area contributed by atoms with Gasteiger partial charge in [-0.2, -0.15) is 0 Å². The van der Waals surface area contributed by atoms with E-state index in [0.29, 0.717) is 12.1 Å². The number of carbonyl (C=O) groups is 3. The van der Waals surface area contributed by atoms with Crippen LogP contribution in [0.2, 0.25) is 0 Å². The number of benzene rings is 1. The molecule has 0 aromatic heterocycles. The van der Waals surface area contributed by atoms with E-state index in [4.69, 9.17) is 10.5 Å². The van der Waals surface area contributed by atoms with Crippen molar-refractivity contribution < 1.29 is 19.1 Å². The van der Waals surface area contributed by atoms with Crippen LogP contribution in [0.1, 0.15) is 20.3 Å². The Morgan fingerprint density at radius 3 is 2.35 bits per heavy atom. The molecule has 0 saturated carbocycles. The third kappa shape index (κ3) is 7.82. The molecule has 8 heteroatoms. The zero-order valence-electron chi connectivity index (χ0n) is 13.0. The second-order valence-electron chi connectivity index (χ2n) is 5.35. The molecular weight excluding hydrogens is 413 g/mol. The summed E-state index contributed by atoms with van der Waals surface area (Å²) < 4.78 is 5.98. The predicted molar refractivity (Wildman–Crippen MR) is 94.7 cm³/mol. The molecule has 1 rings (SSSR count). The fourth-order valence-electron chi connectivity index (χ4n) is 1.82. The maximum atomic E-state index is 11.9. The Kier molecular flexibility index (Phi) is 7.79. The van der Waals surface area contributed by atoms with E-state index >= 15 is 0 Å². The fourth-order valence-corrected chi connectivity index (χ4v) is 2.18. The molecule has 1 aromatic rings. The Morgan fingerprint density at radius 1 is 1.22 bits per heavy atom. The van der Waals surface area contributed by atoms with E-state index in [-0.39, 0.29) is 5.92 Å². The lowest BCUT2D eigenvalue weighted by atomic mass is 10.0. The van der Waals surface area contributed by atoms with Crippen molar-refractivity contribution in [1.29, 1.82) is 0 Å². The van der Waals surface area contributed by atoms with E-state index < -0.39 is 30.6 Å². The number of halogens is 1. The monoisotopic (exact) mass is 433 g/mol. The molecule has 0 saturated heterocycles. The zero-order chi connectivity index (χ0) is 17.4. The highest BCUT2D eigenvalue weighted by molar-refractivity contribution is 14.1. The van der Waals surface area contributed by atoms with Gasteiger partial charge in [-0.15, -0.1) is 0 Å². The van der Waals surface area contributed by atoms with Crippen molar-refractivity contribution in [2.24, 2.45) is 11.7 Å². The van der Waals surface area contributed by atoms with Crippen LogP contribution in [0.4, 0.5) is 10.5 Å². The Hall–Kier alpha value is -1.84. The summed E-state index contributed by atoms with van der Waals surface area (Å²) >= 11 is 2.15. The van der Waals surface area contributed by atoms with Gasteiger partial charge in [0.05, 0.1) is 0 Å². The van der Waals surface area contributed by atoms with Gasteiger partial charge in [0.15, 0.2) is 6.61 Å². The largest absolute Gasteiger partial charge is 0.454 e. The van der Waals surface area contributed by atoms with Crippen molar-refractivity contribution in [3.8, 4) is 0 Å². The standard InChI is InChI=1S/C15H20IN3O4/c1-9(2)7-12(19-15(17)22)14(21)23-8-13(20)18-11-5-3-10(16)4-6-11/h3-6,9,12H,7-8H2,1-2H3,(H,18,20)(H3,17,19,22). The van der Waals surface area contributed by atoms with Gasteiger partial charge in [-0.25, -0.2) is 9.59 Å². The maximum absolute atomic E-state index is 11.9. The van der Waals surface area contributed by atoms with Gasteiger partial charge < -0.3 is 21.1 Å². The van der Waals surface area contributed by atoms with Crippen molar-refractivity contribution in [1.82, 2.24) is 5.32 Å². The second kappa shape index (κ2) is 9.33. The number of esters is 1. The Bertz CT molecular complexity index is 560. The van der Waals surface area contributed by atoms with Crippen LogP contribution in [0.15, 0.2) is 24.3 Å². The quantitative estimate of drug-likeness (QED) is 0.450. The summed E-state index contributed by atoms with van der Waals surface area (Å²) in [6, 6.07) is 5.51. The van der Waals surface area contributed by atoms with E-state index in [1.807, 2.05) is 26.0 Å². The van der Waals surface area contributed by atoms with E-state index in [1.165, 1.54) is 0 Å². The first-order chi connectivity index (χ1) is 10.8. The van der Waals surface area contributed by atoms with Crippen molar-refractivity contribution in [3.63, 3.8) is 0 Å². The van der Waals surface area contributed by atoms with Crippen LogP contribution < -0.4 is 16.4 Å². The van der Waals surface area contributed by atoms with E-state index in [1.54, 1.807) is 12.1 Å². The molecule has 126 valence electrons. The van der Waals surface area contributed by atoms with Crippen molar-refractivity contribution >= 4 is 46.2 Å². The van der Waals surface area contributed by atoms with Crippen LogP contribution in [-0.4, -0.2) is 30.6 Å². The number of urea groups is 1. The van der Waals surface area contributed by atoms with Gasteiger partial charge in [0.25, 0.3) is 5.91 Å². The molecule has 1 atom stereocenters. The zero-order valence-corrected chi connectivity index (χ0v) is 15.1. The highest BCUT2D eigenvalue weighted by atomic mass is 127. The number of hydrogen-bond acceptors (Lipinski definition) is 4. The lowest BCUT2D eigenvalue weighted by molar-refractivity contribution is -0.149. The second-order valence-corrected chi connectivity index (χ2v) is 6.60. The summed E-state index contributed by atoms with van der Waals surface area (Å²) in [7, 11) is 0. The Morgan fingerprint density at radius 2 is 1.83 bits per heavy atom. The first-order valence-electron chi connectivity index (χ1n) is 7.06. The number of nitrogens with one attached hydrogen (secondary N) is 2. The summed E-state index contributed by atoms with van der Waals surface area (Å²) in [5, 5.41) is 4.94. The molecule has 1 aromatic carbocycles. The van der Waals surface area contributed by atoms with Crippen molar-refractivity contribution in [2.75, 3.05) is 11.9 Å². The van der Waals surface area contributed by atoms with Crippen LogP contribution in [-0.2, 0) is 14.3 Å². The van der Waals surface area contributed by atoms with Gasteiger partial charge in [0.1, 0.15) is 6.04 Å². The minimum atomic E-state index is -0.862. The van der Waals surface area contributed by atoms with Crippen LogP contribution in [0.25, 0.3) is 0 Å². The Balaban J connectivity index is 2.50. The summed E-state index contributed by atoms with van der Waals surface area (Å²) in [5.41, 5.74) is 5.65. The molecule has 0 bridgehead atoms. The SMILES string of the molecule is CC(C)CC(NC(N)=O)C(=O)OCC(=O)Nc1ccc(I)cc1. The molecular formula is C15H20IN3O4. The smallest absolute Gasteiger partial charge is 0.329 e. The molecule has 7 nitrogen and oxygen atoms in total.